The lowest BCUT2D eigenvalue weighted by atomic mass is 10.3. The predicted molar refractivity (Wildman–Crippen MR) is 82.8 cm³/mol. The second kappa shape index (κ2) is 6.98. The number of hydrogen-bond donors (Lipinski definition) is 0. The quantitative estimate of drug-likeness (QED) is 0.817. The number of ether oxygens (including phenoxy) is 2. The molecule has 6 nitrogen and oxygen atoms in total. The van der Waals surface area contributed by atoms with Crippen molar-refractivity contribution in [2.24, 2.45) is 7.05 Å². The van der Waals surface area contributed by atoms with Crippen LogP contribution in [0.4, 0.5) is 0 Å². The van der Waals surface area contributed by atoms with Crippen molar-refractivity contribution >= 4 is 5.91 Å². The highest BCUT2D eigenvalue weighted by atomic mass is 16.5. The molecule has 22 heavy (non-hydrogen) atoms. The molecule has 0 saturated carbocycles. The van der Waals surface area contributed by atoms with Crippen LogP contribution in [-0.2, 0) is 18.4 Å². The summed E-state index contributed by atoms with van der Waals surface area (Å²) in [4.78, 5) is 14.0. The Balaban J connectivity index is 1.92. The summed E-state index contributed by atoms with van der Waals surface area (Å²) in [5.74, 6) is 1.30. The van der Waals surface area contributed by atoms with Crippen LogP contribution in [0.1, 0.15) is 12.5 Å². The average molecular weight is 303 g/mol. The van der Waals surface area contributed by atoms with E-state index in [0.717, 1.165) is 11.3 Å². The van der Waals surface area contributed by atoms with Gasteiger partial charge in [-0.2, -0.15) is 5.10 Å². The third-order valence-corrected chi connectivity index (χ3v) is 3.27. The van der Waals surface area contributed by atoms with E-state index in [2.05, 4.69) is 5.10 Å². The second-order valence-corrected chi connectivity index (χ2v) is 5.15. The van der Waals surface area contributed by atoms with Gasteiger partial charge in [0, 0.05) is 32.4 Å². The van der Waals surface area contributed by atoms with Gasteiger partial charge in [-0.3, -0.25) is 9.48 Å². The first-order chi connectivity index (χ1) is 10.5. The molecule has 0 fully saturated rings. The van der Waals surface area contributed by atoms with Gasteiger partial charge in [-0.15, -0.1) is 0 Å². The SMILES string of the molecule is COc1ccc(OC(C)C(=O)N(C)Cc2cnn(C)c2)cc1. The highest BCUT2D eigenvalue weighted by Gasteiger charge is 2.19. The lowest BCUT2D eigenvalue weighted by Gasteiger charge is -2.21. The minimum Gasteiger partial charge on any atom is -0.497 e. The zero-order valence-electron chi connectivity index (χ0n) is 13.3. The highest BCUT2D eigenvalue weighted by molar-refractivity contribution is 5.80. The number of methoxy groups -OCH3 is 1. The Morgan fingerprint density at radius 1 is 1.32 bits per heavy atom. The minimum atomic E-state index is -0.560. The Kier molecular flexibility index (Phi) is 5.04. The lowest BCUT2D eigenvalue weighted by molar-refractivity contribution is -0.137. The van der Waals surface area contributed by atoms with E-state index in [1.54, 1.807) is 61.1 Å². The van der Waals surface area contributed by atoms with Crippen LogP contribution < -0.4 is 9.47 Å². The molecule has 1 unspecified atom stereocenters. The smallest absolute Gasteiger partial charge is 0.263 e. The molecule has 6 heteroatoms. The summed E-state index contributed by atoms with van der Waals surface area (Å²) >= 11 is 0. The number of nitrogens with zero attached hydrogens (tertiary/aromatic N) is 3. The van der Waals surface area contributed by atoms with Gasteiger partial charge in [0.05, 0.1) is 13.3 Å². The first-order valence-electron chi connectivity index (χ1n) is 7.03. The van der Waals surface area contributed by atoms with E-state index in [1.807, 2.05) is 13.2 Å². The Hall–Kier alpha value is -2.50. The van der Waals surface area contributed by atoms with E-state index in [4.69, 9.17) is 9.47 Å². The van der Waals surface area contributed by atoms with E-state index in [0.29, 0.717) is 12.3 Å². The normalized spacial score (nSPS) is 11.8. The summed E-state index contributed by atoms with van der Waals surface area (Å²) in [5.41, 5.74) is 0.981. The fourth-order valence-corrected chi connectivity index (χ4v) is 2.12. The first-order valence-corrected chi connectivity index (χ1v) is 7.03. The van der Waals surface area contributed by atoms with Crippen molar-refractivity contribution < 1.29 is 14.3 Å². The van der Waals surface area contributed by atoms with E-state index >= 15 is 0 Å². The zero-order valence-corrected chi connectivity index (χ0v) is 13.3. The highest BCUT2D eigenvalue weighted by Crippen LogP contribution is 2.18. The van der Waals surface area contributed by atoms with Gasteiger partial charge < -0.3 is 14.4 Å². The fraction of sp³-hybridized carbons (Fsp3) is 0.375. The van der Waals surface area contributed by atoms with Crippen LogP contribution in [0.5, 0.6) is 11.5 Å². The Morgan fingerprint density at radius 2 is 1.95 bits per heavy atom. The predicted octanol–water partition coefficient (Wildman–Crippen LogP) is 1.85. The van der Waals surface area contributed by atoms with Gasteiger partial charge in [-0.25, -0.2) is 0 Å². The van der Waals surface area contributed by atoms with Crippen molar-refractivity contribution in [1.29, 1.82) is 0 Å². The maximum Gasteiger partial charge on any atom is 0.263 e. The van der Waals surface area contributed by atoms with E-state index in [-0.39, 0.29) is 5.91 Å². The summed E-state index contributed by atoms with van der Waals surface area (Å²) in [7, 11) is 5.21. The minimum absolute atomic E-state index is 0.0836. The van der Waals surface area contributed by atoms with Crippen LogP contribution in [0.3, 0.4) is 0 Å². The van der Waals surface area contributed by atoms with Gasteiger partial charge in [0.2, 0.25) is 0 Å². The van der Waals surface area contributed by atoms with Crippen molar-refractivity contribution in [3.05, 3.63) is 42.2 Å². The molecule has 0 N–H and O–H groups in total. The van der Waals surface area contributed by atoms with E-state index < -0.39 is 6.10 Å². The Labute approximate surface area is 130 Å². The molecule has 0 aliphatic rings. The van der Waals surface area contributed by atoms with Gasteiger partial charge in [-0.1, -0.05) is 0 Å². The van der Waals surface area contributed by atoms with Crippen molar-refractivity contribution in [1.82, 2.24) is 14.7 Å². The largest absolute Gasteiger partial charge is 0.497 e. The molecule has 1 atom stereocenters. The molecular weight excluding hydrogens is 282 g/mol. The third kappa shape index (κ3) is 4.00. The molecule has 0 aliphatic carbocycles. The Morgan fingerprint density at radius 3 is 2.50 bits per heavy atom. The molecule has 0 radical (unpaired) electrons. The van der Waals surface area contributed by atoms with E-state index in [1.165, 1.54) is 0 Å². The number of benzene rings is 1. The van der Waals surface area contributed by atoms with E-state index in [9.17, 15) is 4.79 Å². The lowest BCUT2D eigenvalue weighted by Crippen LogP contribution is -2.37. The van der Waals surface area contributed by atoms with Crippen molar-refractivity contribution in [2.45, 2.75) is 19.6 Å². The van der Waals surface area contributed by atoms with Crippen LogP contribution in [0.2, 0.25) is 0 Å². The van der Waals surface area contributed by atoms with Crippen LogP contribution in [0.15, 0.2) is 36.7 Å². The van der Waals surface area contributed by atoms with Crippen LogP contribution >= 0.6 is 0 Å². The molecule has 1 aromatic carbocycles. The maximum absolute atomic E-state index is 12.3. The topological polar surface area (TPSA) is 56.6 Å². The van der Waals surface area contributed by atoms with Gasteiger partial charge in [0.15, 0.2) is 6.10 Å². The van der Waals surface area contributed by atoms with Crippen LogP contribution in [-0.4, -0.2) is 40.8 Å². The summed E-state index contributed by atoms with van der Waals surface area (Å²) in [6.07, 6.45) is 3.08. The summed E-state index contributed by atoms with van der Waals surface area (Å²) in [6, 6.07) is 7.16. The zero-order chi connectivity index (χ0) is 16.1. The number of aromatic nitrogens is 2. The molecule has 0 bridgehead atoms. The number of amides is 1. The maximum atomic E-state index is 12.3. The first kappa shape index (κ1) is 15.9. The molecule has 0 spiro atoms. The fourth-order valence-electron chi connectivity index (χ4n) is 2.12. The molecule has 0 saturated heterocycles. The molecule has 2 rings (SSSR count). The Bertz CT molecular complexity index is 622. The molecule has 2 aromatic rings. The summed E-state index contributed by atoms with van der Waals surface area (Å²) in [5, 5.41) is 4.09. The number of rotatable bonds is 6. The number of carbonyl (C=O) groups is 1. The van der Waals surface area contributed by atoms with Gasteiger partial charge in [-0.05, 0) is 31.2 Å². The summed E-state index contributed by atoms with van der Waals surface area (Å²) < 4.78 is 12.5. The summed E-state index contributed by atoms with van der Waals surface area (Å²) in [6.45, 7) is 2.25. The molecule has 1 aromatic heterocycles. The van der Waals surface area contributed by atoms with Crippen molar-refractivity contribution in [3.63, 3.8) is 0 Å². The third-order valence-electron chi connectivity index (χ3n) is 3.27. The van der Waals surface area contributed by atoms with Gasteiger partial charge in [0.1, 0.15) is 11.5 Å². The molecule has 1 heterocycles. The van der Waals surface area contributed by atoms with Crippen LogP contribution in [0.25, 0.3) is 0 Å². The standard InChI is InChI=1S/C16H21N3O3/c1-12(22-15-7-5-14(21-4)6-8-15)16(20)18(2)10-13-9-17-19(3)11-13/h5-9,11-12H,10H2,1-4H3. The number of aryl methyl sites for hydroxylation is 1. The average Bonchev–Trinajstić information content (AvgIpc) is 2.92. The van der Waals surface area contributed by atoms with Crippen molar-refractivity contribution in [2.75, 3.05) is 14.2 Å². The molecule has 118 valence electrons. The van der Waals surface area contributed by atoms with Crippen LogP contribution in [0, 0.1) is 0 Å². The number of likely N-dealkylation sites (N-methyl/N-ethyl adjacent to an activating group) is 1. The van der Waals surface area contributed by atoms with Crippen molar-refractivity contribution in [3.8, 4) is 11.5 Å². The number of carbonyl (C=O) groups excluding carboxylic acids is 1. The molecule has 1 amide bonds. The molecule has 0 aliphatic heterocycles. The second-order valence-electron chi connectivity index (χ2n) is 5.15. The van der Waals surface area contributed by atoms with Gasteiger partial charge in [0.25, 0.3) is 5.91 Å². The molecular formula is C16H21N3O3. The monoisotopic (exact) mass is 303 g/mol. The number of hydrogen-bond acceptors (Lipinski definition) is 4. The van der Waals surface area contributed by atoms with Gasteiger partial charge >= 0.3 is 0 Å².